The van der Waals surface area contributed by atoms with Crippen LogP contribution in [0.4, 0.5) is 0 Å². The van der Waals surface area contributed by atoms with Crippen molar-refractivity contribution in [3.05, 3.63) is 26.2 Å². The van der Waals surface area contributed by atoms with Crippen molar-refractivity contribution in [2.75, 3.05) is 13.7 Å². The van der Waals surface area contributed by atoms with E-state index in [0.717, 1.165) is 9.13 Å². The van der Waals surface area contributed by atoms with Crippen LogP contribution >= 0.6 is 46.6 Å². The molecule has 0 bridgehead atoms. The van der Waals surface area contributed by atoms with E-state index in [1.807, 2.05) is 6.07 Å². The van der Waals surface area contributed by atoms with Crippen LogP contribution in [0.1, 0.15) is 5.56 Å². The van der Waals surface area contributed by atoms with E-state index in [9.17, 15) is 4.79 Å². The maximum atomic E-state index is 11.7. The number of thiocarbonyl (C=S) groups is 1. The number of nitrogens with one attached hydrogen (secondary N) is 1. The van der Waals surface area contributed by atoms with Crippen LogP contribution in [-0.4, -0.2) is 23.9 Å². The highest BCUT2D eigenvalue weighted by molar-refractivity contribution is 14.1. The number of carbonyl (C=O) groups is 1. The number of rotatable bonds is 4. The summed E-state index contributed by atoms with van der Waals surface area (Å²) in [7, 11) is 1.55. The van der Waals surface area contributed by atoms with E-state index in [2.05, 4.69) is 33.8 Å². The molecule has 0 spiro atoms. The SMILES string of the molecule is C#CCOc1c(I)cc(/C=C2\SC(=S)NC2=O)cc1OC. The number of halogens is 1. The molecule has 1 aliphatic heterocycles. The number of hydrogen-bond donors (Lipinski definition) is 1. The Labute approximate surface area is 145 Å². The van der Waals surface area contributed by atoms with Gasteiger partial charge in [-0.1, -0.05) is 29.9 Å². The fourth-order valence-electron chi connectivity index (χ4n) is 1.65. The largest absolute Gasteiger partial charge is 0.493 e. The number of terminal acetylenes is 1. The van der Waals surface area contributed by atoms with Crippen LogP contribution in [0.2, 0.25) is 0 Å². The average Bonchev–Trinajstić information content (AvgIpc) is 2.75. The zero-order valence-electron chi connectivity index (χ0n) is 10.9. The summed E-state index contributed by atoms with van der Waals surface area (Å²) < 4.78 is 12.1. The summed E-state index contributed by atoms with van der Waals surface area (Å²) in [6.45, 7) is 0.166. The van der Waals surface area contributed by atoms with Gasteiger partial charge < -0.3 is 14.8 Å². The minimum Gasteiger partial charge on any atom is -0.493 e. The molecule has 0 aliphatic carbocycles. The lowest BCUT2D eigenvalue weighted by Crippen LogP contribution is -2.17. The predicted octanol–water partition coefficient (Wildman–Crippen LogP) is 2.80. The predicted molar refractivity (Wildman–Crippen MR) is 96.3 cm³/mol. The van der Waals surface area contributed by atoms with Crippen molar-refractivity contribution in [1.29, 1.82) is 0 Å². The van der Waals surface area contributed by atoms with Gasteiger partial charge in [-0.25, -0.2) is 0 Å². The summed E-state index contributed by atoms with van der Waals surface area (Å²) >= 11 is 8.33. The lowest BCUT2D eigenvalue weighted by atomic mass is 10.2. The molecule has 0 unspecified atom stereocenters. The second-order valence-corrected chi connectivity index (χ2v) is 6.76. The molecular weight excluding hydrogens is 421 g/mol. The zero-order valence-corrected chi connectivity index (χ0v) is 14.7. The third-order valence-corrected chi connectivity index (χ3v) is 4.46. The van der Waals surface area contributed by atoms with Crippen LogP contribution in [-0.2, 0) is 4.79 Å². The van der Waals surface area contributed by atoms with Gasteiger partial charge in [0.2, 0.25) is 0 Å². The van der Waals surface area contributed by atoms with E-state index in [1.165, 1.54) is 11.8 Å². The molecule has 1 fully saturated rings. The minimum absolute atomic E-state index is 0.166. The smallest absolute Gasteiger partial charge is 0.263 e. The minimum atomic E-state index is -0.188. The molecule has 0 aromatic heterocycles. The molecule has 0 atom stereocenters. The fourth-order valence-corrected chi connectivity index (χ4v) is 3.47. The van der Waals surface area contributed by atoms with E-state index < -0.39 is 0 Å². The second kappa shape index (κ2) is 7.15. The molecule has 1 saturated heterocycles. The standard InChI is InChI=1S/C14H10INO3S2/c1-3-4-19-12-9(15)5-8(6-10(12)18-2)7-11-13(17)16-14(20)21-11/h1,5-7H,4H2,2H3,(H,16,17,20)/b11-7-. The number of thioether (sulfide) groups is 1. The molecule has 21 heavy (non-hydrogen) atoms. The van der Waals surface area contributed by atoms with Crippen LogP contribution in [0.5, 0.6) is 11.5 Å². The summed E-state index contributed by atoms with van der Waals surface area (Å²) in [6.07, 6.45) is 6.96. The van der Waals surface area contributed by atoms with Gasteiger partial charge in [0.05, 0.1) is 15.6 Å². The van der Waals surface area contributed by atoms with Crippen molar-refractivity contribution in [3.63, 3.8) is 0 Å². The Morgan fingerprint density at radius 3 is 2.90 bits per heavy atom. The van der Waals surface area contributed by atoms with Gasteiger partial charge in [0.25, 0.3) is 5.91 Å². The summed E-state index contributed by atoms with van der Waals surface area (Å²) in [5.74, 6) is 3.39. The van der Waals surface area contributed by atoms with Gasteiger partial charge in [0.1, 0.15) is 10.9 Å². The Morgan fingerprint density at radius 2 is 2.33 bits per heavy atom. The monoisotopic (exact) mass is 431 g/mol. The van der Waals surface area contributed by atoms with E-state index in [-0.39, 0.29) is 12.5 Å². The molecular formula is C14H10INO3S2. The Morgan fingerprint density at radius 1 is 1.57 bits per heavy atom. The molecule has 0 radical (unpaired) electrons. The summed E-state index contributed by atoms with van der Waals surface area (Å²) in [5.41, 5.74) is 0.826. The number of amides is 1. The third kappa shape index (κ3) is 3.90. The van der Waals surface area contributed by atoms with Crippen LogP contribution < -0.4 is 14.8 Å². The van der Waals surface area contributed by atoms with Crippen LogP contribution in [0, 0.1) is 15.9 Å². The van der Waals surface area contributed by atoms with Gasteiger partial charge in [0, 0.05) is 0 Å². The van der Waals surface area contributed by atoms with Crippen LogP contribution in [0.3, 0.4) is 0 Å². The Bertz CT molecular complexity index is 680. The number of hydrogen-bond acceptors (Lipinski definition) is 5. The van der Waals surface area contributed by atoms with E-state index in [4.69, 9.17) is 28.1 Å². The topological polar surface area (TPSA) is 47.6 Å². The highest BCUT2D eigenvalue weighted by Crippen LogP contribution is 2.35. The third-order valence-electron chi connectivity index (χ3n) is 2.49. The maximum Gasteiger partial charge on any atom is 0.263 e. The fraction of sp³-hybridized carbons (Fsp3) is 0.143. The average molecular weight is 431 g/mol. The molecule has 7 heteroatoms. The lowest BCUT2D eigenvalue weighted by Gasteiger charge is -2.12. The highest BCUT2D eigenvalue weighted by Gasteiger charge is 2.22. The first kappa shape index (κ1) is 16.1. The van der Waals surface area contributed by atoms with Crippen LogP contribution in [0.25, 0.3) is 6.08 Å². The molecule has 0 saturated carbocycles. The molecule has 1 amide bonds. The van der Waals surface area contributed by atoms with Crippen molar-refractivity contribution in [3.8, 4) is 23.8 Å². The number of carbonyl (C=O) groups excluding carboxylic acids is 1. The van der Waals surface area contributed by atoms with Crippen molar-refractivity contribution in [2.24, 2.45) is 0 Å². The molecule has 1 aliphatic rings. The number of benzene rings is 1. The quantitative estimate of drug-likeness (QED) is 0.344. The van der Waals surface area contributed by atoms with Crippen molar-refractivity contribution < 1.29 is 14.3 Å². The molecule has 1 aromatic carbocycles. The van der Waals surface area contributed by atoms with Crippen molar-refractivity contribution >= 4 is 62.9 Å². The first-order valence-electron chi connectivity index (χ1n) is 5.73. The first-order chi connectivity index (χ1) is 10.0. The van der Waals surface area contributed by atoms with Gasteiger partial charge in [-0.05, 0) is 46.4 Å². The van der Waals surface area contributed by atoms with Crippen molar-refractivity contribution in [2.45, 2.75) is 0 Å². The summed E-state index contributed by atoms with van der Waals surface area (Å²) in [5, 5.41) is 2.58. The summed E-state index contributed by atoms with van der Waals surface area (Å²) in [6, 6.07) is 3.67. The van der Waals surface area contributed by atoms with Gasteiger partial charge >= 0.3 is 0 Å². The summed E-state index contributed by atoms with van der Waals surface area (Å²) in [4.78, 5) is 12.2. The van der Waals surface area contributed by atoms with Gasteiger partial charge in [-0.15, -0.1) is 6.42 Å². The van der Waals surface area contributed by atoms with Crippen LogP contribution in [0.15, 0.2) is 17.0 Å². The maximum absolute atomic E-state index is 11.7. The van der Waals surface area contributed by atoms with Gasteiger partial charge in [0.15, 0.2) is 11.5 Å². The lowest BCUT2D eigenvalue weighted by molar-refractivity contribution is -0.115. The Kier molecular flexibility index (Phi) is 5.50. The molecule has 2 rings (SSSR count). The number of ether oxygens (including phenoxy) is 2. The second-order valence-electron chi connectivity index (χ2n) is 3.88. The van der Waals surface area contributed by atoms with E-state index >= 15 is 0 Å². The number of methoxy groups -OCH3 is 1. The first-order valence-corrected chi connectivity index (χ1v) is 8.04. The Balaban J connectivity index is 2.37. The Hall–Kier alpha value is -1.24. The molecule has 108 valence electrons. The van der Waals surface area contributed by atoms with E-state index in [0.29, 0.717) is 20.7 Å². The normalized spacial score (nSPS) is 15.8. The van der Waals surface area contributed by atoms with Gasteiger partial charge in [-0.2, -0.15) is 0 Å². The molecule has 1 N–H and O–H groups in total. The molecule has 4 nitrogen and oxygen atoms in total. The van der Waals surface area contributed by atoms with E-state index in [1.54, 1.807) is 19.3 Å². The highest BCUT2D eigenvalue weighted by atomic mass is 127. The van der Waals surface area contributed by atoms with Crippen molar-refractivity contribution in [1.82, 2.24) is 5.32 Å². The zero-order chi connectivity index (χ0) is 15.4. The van der Waals surface area contributed by atoms with Gasteiger partial charge in [-0.3, -0.25) is 4.79 Å². The molecule has 1 heterocycles. The molecule has 1 aromatic rings.